The Kier molecular flexibility index (Phi) is 7.35. The number of pyridine rings is 1. The summed E-state index contributed by atoms with van der Waals surface area (Å²) in [5.74, 6) is 2.04. The second kappa shape index (κ2) is 11.2. The number of hydrogen-bond acceptors (Lipinski definition) is 7. The fourth-order valence-electron chi connectivity index (χ4n) is 7.65. The molecule has 2 aliphatic heterocycles. The molecule has 1 saturated carbocycles. The summed E-state index contributed by atoms with van der Waals surface area (Å²) in [5.41, 5.74) is 7.21. The van der Waals surface area contributed by atoms with Gasteiger partial charge in [0.2, 0.25) is 11.8 Å². The molecular formula is C34H44N8O2. The van der Waals surface area contributed by atoms with Crippen molar-refractivity contribution in [1.82, 2.24) is 29.6 Å². The van der Waals surface area contributed by atoms with Gasteiger partial charge in [-0.25, -0.2) is 9.67 Å². The van der Waals surface area contributed by atoms with Gasteiger partial charge in [0.1, 0.15) is 0 Å². The molecule has 2 fully saturated rings. The van der Waals surface area contributed by atoms with Crippen LogP contribution in [0.15, 0.2) is 30.3 Å². The number of aromatic nitrogens is 5. The van der Waals surface area contributed by atoms with Crippen molar-refractivity contribution in [3.8, 4) is 17.1 Å². The molecule has 0 unspecified atom stereocenters. The van der Waals surface area contributed by atoms with Crippen LogP contribution in [0.1, 0.15) is 60.8 Å². The van der Waals surface area contributed by atoms with Crippen LogP contribution in [0.25, 0.3) is 22.3 Å². The average molecular weight is 597 g/mol. The smallest absolute Gasteiger partial charge is 0.258 e. The molecule has 7 rings (SSSR count). The number of carbonyl (C=O) groups excluding carboxylic acids is 1. The van der Waals surface area contributed by atoms with Gasteiger partial charge < -0.3 is 19.5 Å². The van der Waals surface area contributed by atoms with Gasteiger partial charge in [-0.15, -0.1) is 0 Å². The molecule has 3 aromatic heterocycles. The summed E-state index contributed by atoms with van der Waals surface area (Å²) in [6, 6.07) is 10.3. The van der Waals surface area contributed by atoms with Gasteiger partial charge in [-0.1, -0.05) is 6.92 Å². The number of aryl methyl sites for hydroxylation is 3. The van der Waals surface area contributed by atoms with E-state index in [4.69, 9.17) is 14.7 Å². The van der Waals surface area contributed by atoms with E-state index in [1.807, 2.05) is 40.1 Å². The Bertz CT molecular complexity index is 1710. The second-order valence-corrected chi connectivity index (χ2v) is 13.6. The molecular weight excluding hydrogens is 552 g/mol. The van der Waals surface area contributed by atoms with Gasteiger partial charge in [-0.3, -0.25) is 15.1 Å². The van der Waals surface area contributed by atoms with Crippen LogP contribution in [0.2, 0.25) is 0 Å². The molecule has 10 heteroatoms. The van der Waals surface area contributed by atoms with E-state index in [1.165, 1.54) is 5.69 Å². The summed E-state index contributed by atoms with van der Waals surface area (Å²) >= 11 is 0. The third-order valence-corrected chi connectivity index (χ3v) is 10.1. The van der Waals surface area contributed by atoms with Crippen molar-refractivity contribution in [2.75, 3.05) is 43.5 Å². The number of rotatable bonds is 3. The molecule has 4 aromatic rings. The minimum atomic E-state index is -0.198. The summed E-state index contributed by atoms with van der Waals surface area (Å²) in [6.45, 7) is 10.8. The third kappa shape index (κ3) is 5.33. The van der Waals surface area contributed by atoms with Gasteiger partial charge in [0, 0.05) is 50.2 Å². The Hall–Kier alpha value is -3.92. The number of fused-ring (bicyclic) bond motifs is 9. The topological polar surface area (TPSA) is 102 Å². The first-order chi connectivity index (χ1) is 21.2. The van der Waals surface area contributed by atoms with E-state index in [-0.39, 0.29) is 5.91 Å². The predicted octanol–water partition coefficient (Wildman–Crippen LogP) is 5.34. The third-order valence-electron chi connectivity index (χ3n) is 10.1. The molecule has 10 nitrogen and oxygen atoms in total. The Morgan fingerprint density at radius 1 is 1.09 bits per heavy atom. The molecule has 5 heterocycles. The van der Waals surface area contributed by atoms with Crippen LogP contribution in [-0.4, -0.2) is 63.5 Å². The van der Waals surface area contributed by atoms with Crippen LogP contribution in [0.5, 0.6) is 5.88 Å². The molecule has 4 bridgehead atoms. The molecule has 232 valence electrons. The van der Waals surface area contributed by atoms with E-state index in [9.17, 15) is 4.79 Å². The van der Waals surface area contributed by atoms with Crippen LogP contribution < -0.4 is 20.3 Å². The molecule has 1 amide bonds. The number of amides is 1. The van der Waals surface area contributed by atoms with Crippen molar-refractivity contribution in [1.29, 1.82) is 0 Å². The zero-order chi connectivity index (χ0) is 30.6. The highest BCUT2D eigenvalue weighted by Gasteiger charge is 2.31. The van der Waals surface area contributed by atoms with Crippen molar-refractivity contribution in [2.24, 2.45) is 24.3 Å². The fourth-order valence-corrected chi connectivity index (χ4v) is 7.65. The van der Waals surface area contributed by atoms with Gasteiger partial charge in [-0.05, 0) is 101 Å². The molecule has 0 spiro atoms. The molecule has 1 saturated heterocycles. The molecule has 44 heavy (non-hydrogen) atoms. The van der Waals surface area contributed by atoms with Gasteiger partial charge in [0.05, 0.1) is 34.6 Å². The molecule has 0 radical (unpaired) electrons. The number of nitrogens with one attached hydrogen (secondary N) is 2. The summed E-state index contributed by atoms with van der Waals surface area (Å²) < 4.78 is 10.5. The monoisotopic (exact) mass is 596 g/mol. The molecule has 1 aromatic carbocycles. The van der Waals surface area contributed by atoms with Crippen LogP contribution >= 0.6 is 0 Å². The van der Waals surface area contributed by atoms with Gasteiger partial charge in [0.25, 0.3) is 5.91 Å². The van der Waals surface area contributed by atoms with E-state index in [2.05, 4.69) is 50.3 Å². The summed E-state index contributed by atoms with van der Waals surface area (Å²) in [4.78, 5) is 26.1. The first-order valence-corrected chi connectivity index (χ1v) is 16.1. The number of ether oxygens (including phenoxy) is 1. The number of benzene rings is 1. The summed E-state index contributed by atoms with van der Waals surface area (Å²) in [6.07, 6.45) is 5.62. The number of imidazole rings is 1. The molecule has 1 aliphatic carbocycles. The van der Waals surface area contributed by atoms with Crippen LogP contribution in [0, 0.1) is 31.1 Å². The number of nitrogens with zero attached hydrogens (tertiary/aromatic N) is 6. The lowest BCUT2D eigenvalue weighted by molar-refractivity contribution is 0.102. The number of hydrogen-bond donors (Lipinski definition) is 2. The zero-order valence-corrected chi connectivity index (χ0v) is 26.6. The Morgan fingerprint density at radius 3 is 2.68 bits per heavy atom. The molecule has 2 N–H and O–H groups in total. The predicted molar refractivity (Wildman–Crippen MR) is 173 cm³/mol. The van der Waals surface area contributed by atoms with Gasteiger partial charge in [-0.2, -0.15) is 5.10 Å². The normalized spacial score (nSPS) is 21.7. The highest BCUT2D eigenvalue weighted by Crippen LogP contribution is 2.38. The van der Waals surface area contributed by atoms with Crippen molar-refractivity contribution in [3.05, 3.63) is 47.3 Å². The maximum absolute atomic E-state index is 13.8. The molecule has 3 aliphatic rings. The number of carbonyl (C=O) groups is 1. The fraction of sp³-hybridized carbons (Fsp3) is 0.529. The quantitative estimate of drug-likeness (QED) is 0.329. The van der Waals surface area contributed by atoms with Crippen molar-refractivity contribution >= 4 is 28.6 Å². The maximum atomic E-state index is 13.8. The Balaban J connectivity index is 1.27. The van der Waals surface area contributed by atoms with Crippen LogP contribution in [0.4, 0.5) is 11.6 Å². The number of anilines is 2. The Labute approximate surface area is 259 Å². The van der Waals surface area contributed by atoms with E-state index < -0.39 is 0 Å². The summed E-state index contributed by atoms with van der Waals surface area (Å²) in [5, 5.41) is 11.2. The van der Waals surface area contributed by atoms with Gasteiger partial charge in [0.15, 0.2) is 0 Å². The lowest BCUT2D eigenvalue weighted by Crippen LogP contribution is -2.43. The minimum absolute atomic E-state index is 0.198. The highest BCUT2D eigenvalue weighted by molar-refractivity contribution is 6.05. The van der Waals surface area contributed by atoms with Crippen molar-refractivity contribution in [2.45, 2.75) is 59.4 Å². The van der Waals surface area contributed by atoms with E-state index in [0.29, 0.717) is 46.9 Å². The largest absolute Gasteiger partial charge is 0.477 e. The van der Waals surface area contributed by atoms with Crippen molar-refractivity contribution in [3.63, 3.8) is 0 Å². The Morgan fingerprint density at radius 2 is 1.89 bits per heavy atom. The number of piperidine rings is 1. The maximum Gasteiger partial charge on any atom is 0.258 e. The average Bonchev–Trinajstić information content (AvgIpc) is 3.66. The van der Waals surface area contributed by atoms with Crippen LogP contribution in [-0.2, 0) is 13.6 Å². The first-order valence-electron chi connectivity index (χ1n) is 16.1. The zero-order valence-electron chi connectivity index (χ0n) is 26.6. The lowest BCUT2D eigenvalue weighted by atomic mass is 9.80. The highest BCUT2D eigenvalue weighted by atomic mass is 16.5. The van der Waals surface area contributed by atoms with E-state index in [1.54, 1.807) is 4.68 Å². The van der Waals surface area contributed by atoms with E-state index in [0.717, 1.165) is 86.3 Å². The second-order valence-electron chi connectivity index (χ2n) is 13.6. The SMILES string of the molecule is CNCC1(C)CCN(c2ccc3nc4n(c3c2)C[C@@H]2CC[C@H](COc3c(c(C)nn3C)-c3cc(cc(C)n3)C(=O)N4)C2)CC1. The lowest BCUT2D eigenvalue weighted by Gasteiger charge is -2.40. The summed E-state index contributed by atoms with van der Waals surface area (Å²) in [7, 11) is 3.95. The van der Waals surface area contributed by atoms with Crippen molar-refractivity contribution < 1.29 is 9.53 Å². The van der Waals surface area contributed by atoms with Gasteiger partial charge >= 0.3 is 0 Å². The standard InChI is InChI=1S/C34H44N8O2/c1-21-14-25-16-28(36-21)30-22(2)39-40(5)32(30)44-19-24-7-6-23(15-24)18-42-29-17-26(8-9-27(29)37-33(42)38-31(25)43)41-12-10-34(3,11-13-41)20-35-4/h8-9,14,16-17,23-24,35H,6-7,10-13,15,18-20H2,1-5H3,(H,37,38,43)/t23-,24+/m1/s1. The minimum Gasteiger partial charge on any atom is -0.477 e. The first kappa shape index (κ1) is 28.8. The van der Waals surface area contributed by atoms with Crippen LogP contribution in [0.3, 0.4) is 0 Å². The van der Waals surface area contributed by atoms with E-state index >= 15 is 0 Å². The molecule has 2 atom stereocenters.